The summed E-state index contributed by atoms with van der Waals surface area (Å²) in [6, 6.07) is 0. The Bertz CT molecular complexity index is 495. The number of aromatic nitrogens is 2. The van der Waals surface area contributed by atoms with Gasteiger partial charge in [0, 0.05) is 50.2 Å². The average Bonchev–Trinajstić information content (AvgIpc) is 2.55. The molecule has 6 nitrogen and oxygen atoms in total. The molecule has 0 aliphatic rings. The smallest absolute Gasteiger partial charge is 0.166 e. The lowest BCUT2D eigenvalue weighted by atomic mass is 10.2. The summed E-state index contributed by atoms with van der Waals surface area (Å²) in [5.41, 5.74) is 13.6. The first-order chi connectivity index (χ1) is 11.4. The monoisotopic (exact) mass is 404 g/mol. The van der Waals surface area contributed by atoms with Crippen LogP contribution in [-0.4, -0.2) is 68.9 Å². The van der Waals surface area contributed by atoms with Gasteiger partial charge in [-0.1, -0.05) is 0 Å². The zero-order valence-electron chi connectivity index (χ0n) is 14.0. The zero-order chi connectivity index (χ0) is 17.9. The lowest BCUT2D eigenvalue weighted by molar-refractivity contribution is 0.544. The Labute approximate surface area is 163 Å². The molecule has 4 N–H and O–H groups in total. The summed E-state index contributed by atoms with van der Waals surface area (Å²) in [5.74, 6) is 3.73. The number of nitrogens with two attached hydrogens (primary N) is 2. The topological polar surface area (TPSA) is 84.3 Å². The van der Waals surface area contributed by atoms with E-state index in [2.05, 4.69) is 10.2 Å². The molecule has 24 heavy (non-hydrogen) atoms. The second-order valence-corrected chi connectivity index (χ2v) is 8.21. The van der Waals surface area contributed by atoms with Crippen molar-refractivity contribution in [1.29, 1.82) is 0 Å². The van der Waals surface area contributed by atoms with Gasteiger partial charge >= 0.3 is 0 Å². The van der Waals surface area contributed by atoms with E-state index in [-0.39, 0.29) is 0 Å². The Morgan fingerprint density at radius 1 is 0.917 bits per heavy atom. The molecule has 0 saturated heterocycles. The lowest BCUT2D eigenvalue weighted by Gasteiger charge is -2.17. The normalized spacial score (nSPS) is 10.4. The molecule has 10 heteroatoms. The van der Waals surface area contributed by atoms with E-state index in [9.17, 15) is 0 Å². The van der Waals surface area contributed by atoms with Crippen molar-refractivity contribution in [3.63, 3.8) is 0 Å². The van der Waals surface area contributed by atoms with Crippen LogP contribution in [0.3, 0.4) is 0 Å². The fourth-order valence-corrected chi connectivity index (χ4v) is 3.86. The van der Waals surface area contributed by atoms with Gasteiger partial charge in [0.05, 0.1) is 12.4 Å². The molecule has 0 unspecified atom stereocenters. The summed E-state index contributed by atoms with van der Waals surface area (Å²) in [6.45, 7) is 1.68. The zero-order valence-corrected chi connectivity index (χ0v) is 17.2. The molecule has 0 aromatic carbocycles. The molecular weight excluding hydrogens is 380 g/mol. The van der Waals surface area contributed by atoms with Crippen molar-refractivity contribution >= 4 is 58.2 Å². The first-order valence-electron chi connectivity index (χ1n) is 7.37. The van der Waals surface area contributed by atoms with Gasteiger partial charge < -0.3 is 21.3 Å². The minimum atomic E-state index is 0.431. The standard InChI is InChI=1S/C14H24N6S4/c1-19(13(15)21)3-5-23-9-11-7-17-18-8-12(11)10-24-6-4-20(2)14(16)22/h7-8H,3-6,9-10H2,1-2H3,(H2,15,21)(H2,16,22). The van der Waals surface area contributed by atoms with E-state index in [1.165, 1.54) is 11.1 Å². The molecule has 1 aromatic heterocycles. The third kappa shape index (κ3) is 8.32. The van der Waals surface area contributed by atoms with Gasteiger partial charge in [-0.2, -0.15) is 33.7 Å². The SMILES string of the molecule is CN(CCSCc1cnncc1CSCCN(C)C(N)=S)C(N)=S. The van der Waals surface area contributed by atoms with Gasteiger partial charge in [0.1, 0.15) is 0 Å². The summed E-state index contributed by atoms with van der Waals surface area (Å²) >= 11 is 13.5. The van der Waals surface area contributed by atoms with Crippen molar-refractivity contribution in [2.24, 2.45) is 11.5 Å². The molecule has 0 fully saturated rings. The van der Waals surface area contributed by atoms with Crippen molar-refractivity contribution in [1.82, 2.24) is 20.0 Å². The molecule has 1 heterocycles. The van der Waals surface area contributed by atoms with Crippen LogP contribution < -0.4 is 11.5 Å². The van der Waals surface area contributed by atoms with Crippen LogP contribution in [0, 0.1) is 0 Å². The lowest BCUT2D eigenvalue weighted by Crippen LogP contribution is -2.33. The first-order valence-corrected chi connectivity index (χ1v) is 10.5. The maximum absolute atomic E-state index is 5.57. The Morgan fingerprint density at radius 3 is 1.62 bits per heavy atom. The predicted octanol–water partition coefficient (Wildman–Crippen LogP) is 1.29. The van der Waals surface area contributed by atoms with Gasteiger partial charge in [0.25, 0.3) is 0 Å². The van der Waals surface area contributed by atoms with E-state index in [0.29, 0.717) is 10.2 Å². The van der Waals surface area contributed by atoms with Crippen molar-refractivity contribution in [3.05, 3.63) is 23.5 Å². The molecule has 1 aromatic rings. The number of hydrogen-bond donors (Lipinski definition) is 2. The fraction of sp³-hybridized carbons (Fsp3) is 0.571. The number of hydrogen-bond acceptors (Lipinski definition) is 6. The van der Waals surface area contributed by atoms with Gasteiger partial charge in [-0.15, -0.1) is 0 Å². The van der Waals surface area contributed by atoms with Crippen molar-refractivity contribution in [2.75, 3.05) is 38.7 Å². The Balaban J connectivity index is 2.36. The highest BCUT2D eigenvalue weighted by atomic mass is 32.2. The largest absolute Gasteiger partial charge is 0.376 e. The van der Waals surface area contributed by atoms with E-state index >= 15 is 0 Å². The molecule has 0 bridgehead atoms. The highest BCUT2D eigenvalue weighted by molar-refractivity contribution is 7.98. The van der Waals surface area contributed by atoms with Crippen molar-refractivity contribution in [3.8, 4) is 0 Å². The van der Waals surface area contributed by atoms with Gasteiger partial charge in [-0.25, -0.2) is 0 Å². The van der Waals surface area contributed by atoms with Gasteiger partial charge in [0.2, 0.25) is 0 Å². The van der Waals surface area contributed by atoms with E-state index in [1.54, 1.807) is 0 Å². The molecule has 0 radical (unpaired) electrons. The van der Waals surface area contributed by atoms with Gasteiger partial charge in [-0.05, 0) is 35.6 Å². The third-order valence-corrected chi connectivity index (χ3v) is 5.91. The second-order valence-electron chi connectivity index (χ2n) is 5.16. The van der Waals surface area contributed by atoms with Crippen molar-refractivity contribution < 1.29 is 0 Å². The van der Waals surface area contributed by atoms with E-state index in [0.717, 1.165) is 36.1 Å². The molecule has 0 saturated carbocycles. The van der Waals surface area contributed by atoms with Crippen LogP contribution in [0.1, 0.15) is 11.1 Å². The summed E-state index contributed by atoms with van der Waals surface area (Å²) in [6.07, 6.45) is 3.70. The minimum absolute atomic E-state index is 0.431. The van der Waals surface area contributed by atoms with Crippen LogP contribution in [0.5, 0.6) is 0 Å². The van der Waals surface area contributed by atoms with Crippen LogP contribution in [0.15, 0.2) is 12.4 Å². The minimum Gasteiger partial charge on any atom is -0.376 e. The summed E-state index contributed by atoms with van der Waals surface area (Å²) in [5, 5.41) is 8.86. The second kappa shape index (κ2) is 11.7. The Kier molecular flexibility index (Phi) is 10.3. The molecule has 134 valence electrons. The first kappa shape index (κ1) is 21.2. The maximum atomic E-state index is 5.57. The Hall–Kier alpha value is -0.840. The average molecular weight is 405 g/mol. The van der Waals surface area contributed by atoms with E-state index in [1.807, 2.05) is 59.8 Å². The van der Waals surface area contributed by atoms with Crippen LogP contribution in [0.25, 0.3) is 0 Å². The van der Waals surface area contributed by atoms with Crippen molar-refractivity contribution in [2.45, 2.75) is 11.5 Å². The molecule has 0 aliphatic carbocycles. The molecule has 0 spiro atoms. The predicted molar refractivity (Wildman–Crippen MR) is 113 cm³/mol. The highest BCUT2D eigenvalue weighted by Gasteiger charge is 2.06. The van der Waals surface area contributed by atoms with Gasteiger partial charge in [0.15, 0.2) is 10.2 Å². The maximum Gasteiger partial charge on any atom is 0.166 e. The highest BCUT2D eigenvalue weighted by Crippen LogP contribution is 2.19. The van der Waals surface area contributed by atoms with Crippen LogP contribution in [0.2, 0.25) is 0 Å². The van der Waals surface area contributed by atoms with Crippen LogP contribution >= 0.6 is 48.0 Å². The number of nitrogens with zero attached hydrogens (tertiary/aromatic N) is 4. The number of thioether (sulfide) groups is 2. The van der Waals surface area contributed by atoms with Crippen LogP contribution in [0.4, 0.5) is 0 Å². The molecule has 1 rings (SSSR count). The molecule has 0 atom stereocenters. The fourth-order valence-electron chi connectivity index (χ4n) is 1.62. The van der Waals surface area contributed by atoms with Gasteiger partial charge in [-0.3, -0.25) is 0 Å². The van der Waals surface area contributed by atoms with E-state index in [4.69, 9.17) is 35.9 Å². The third-order valence-electron chi connectivity index (χ3n) is 3.32. The quantitative estimate of drug-likeness (QED) is 0.439. The molecule has 0 amide bonds. The summed E-state index contributed by atoms with van der Waals surface area (Å²) < 4.78 is 0. The molecular formula is C14H24N6S4. The van der Waals surface area contributed by atoms with Crippen LogP contribution in [-0.2, 0) is 11.5 Å². The summed E-state index contributed by atoms with van der Waals surface area (Å²) in [7, 11) is 3.81. The molecule has 0 aliphatic heterocycles. The van der Waals surface area contributed by atoms with E-state index < -0.39 is 0 Å². The number of thiocarbonyl (C=S) groups is 2. The number of rotatable bonds is 10. The Morgan fingerprint density at radius 2 is 1.29 bits per heavy atom. The summed E-state index contributed by atoms with van der Waals surface area (Å²) in [4.78, 5) is 3.75.